The molecule has 0 aliphatic heterocycles. The number of nitrogens with zero attached hydrogens (tertiary/aromatic N) is 4. The molecule has 2 rings (SSSR count). The lowest BCUT2D eigenvalue weighted by atomic mass is 10.4. The van der Waals surface area contributed by atoms with Gasteiger partial charge in [-0.15, -0.1) is 0 Å². The van der Waals surface area contributed by atoms with Gasteiger partial charge in [0.2, 0.25) is 0 Å². The molecule has 0 bridgehead atoms. The summed E-state index contributed by atoms with van der Waals surface area (Å²) in [5.41, 5.74) is 1.26. The van der Waals surface area contributed by atoms with Crippen molar-refractivity contribution in [2.75, 3.05) is 0 Å². The summed E-state index contributed by atoms with van der Waals surface area (Å²) in [4.78, 5) is 19.4. The van der Waals surface area contributed by atoms with Crippen molar-refractivity contribution in [3.05, 3.63) is 51.4 Å². The van der Waals surface area contributed by atoms with E-state index in [2.05, 4.69) is 15.1 Å². The fourth-order valence-corrected chi connectivity index (χ4v) is 1.34. The van der Waals surface area contributed by atoms with Crippen LogP contribution in [0.4, 0.5) is 0 Å². The molecule has 5 nitrogen and oxygen atoms in total. The lowest BCUT2D eigenvalue weighted by Gasteiger charge is -2.03. The second-order valence-corrected chi connectivity index (χ2v) is 3.69. The lowest BCUT2D eigenvalue weighted by Crippen LogP contribution is -2.23. The molecule has 2 heterocycles. The summed E-state index contributed by atoms with van der Waals surface area (Å²) in [5.74, 6) is 0. The van der Waals surface area contributed by atoms with E-state index in [0.717, 1.165) is 5.69 Å². The molecule has 0 aromatic carbocycles. The van der Waals surface area contributed by atoms with Gasteiger partial charge in [0.1, 0.15) is 5.15 Å². The van der Waals surface area contributed by atoms with Gasteiger partial charge in [-0.2, -0.15) is 5.10 Å². The summed E-state index contributed by atoms with van der Waals surface area (Å²) in [6.07, 6.45) is 2.97. The molecule has 0 radical (unpaired) electrons. The first-order chi connectivity index (χ1) is 7.65. The zero-order valence-electron chi connectivity index (χ0n) is 8.59. The van der Waals surface area contributed by atoms with Gasteiger partial charge in [0.25, 0.3) is 5.56 Å². The number of aryl methyl sites for hydroxylation is 1. The molecule has 0 aliphatic carbocycles. The number of hydrogen-bond donors (Lipinski definition) is 0. The minimum absolute atomic E-state index is 0.164. The normalized spacial score (nSPS) is 10.4. The monoisotopic (exact) mass is 236 g/mol. The number of aromatic nitrogens is 4. The Kier molecular flexibility index (Phi) is 2.96. The van der Waals surface area contributed by atoms with E-state index in [9.17, 15) is 4.79 Å². The third-order valence-electron chi connectivity index (χ3n) is 1.99. The van der Waals surface area contributed by atoms with Crippen LogP contribution in [-0.2, 0) is 6.54 Å². The molecule has 0 amide bonds. The fourth-order valence-electron chi connectivity index (χ4n) is 1.24. The smallest absolute Gasteiger partial charge is 0.267 e. The zero-order valence-corrected chi connectivity index (χ0v) is 9.35. The molecular weight excluding hydrogens is 228 g/mol. The van der Waals surface area contributed by atoms with Crippen molar-refractivity contribution in [2.24, 2.45) is 0 Å². The average Bonchev–Trinajstić information content (AvgIpc) is 2.27. The van der Waals surface area contributed by atoms with Crippen LogP contribution in [0.25, 0.3) is 0 Å². The Hall–Kier alpha value is -1.75. The molecule has 16 heavy (non-hydrogen) atoms. The van der Waals surface area contributed by atoms with E-state index in [-0.39, 0.29) is 5.56 Å². The molecule has 0 unspecified atom stereocenters. The van der Waals surface area contributed by atoms with E-state index in [1.54, 1.807) is 6.07 Å². The minimum Gasteiger partial charge on any atom is -0.268 e. The van der Waals surface area contributed by atoms with Gasteiger partial charge in [0, 0.05) is 6.07 Å². The summed E-state index contributed by atoms with van der Waals surface area (Å²) in [5, 5.41) is 4.42. The largest absolute Gasteiger partial charge is 0.268 e. The van der Waals surface area contributed by atoms with E-state index >= 15 is 0 Å². The predicted octanol–water partition coefficient (Wildman–Crippen LogP) is 1.04. The first-order valence-corrected chi connectivity index (χ1v) is 5.04. The molecule has 0 saturated carbocycles. The maximum Gasteiger partial charge on any atom is 0.267 e. The third-order valence-corrected chi connectivity index (χ3v) is 2.18. The molecule has 0 atom stereocenters. The highest BCUT2D eigenvalue weighted by molar-refractivity contribution is 6.29. The number of rotatable bonds is 2. The Morgan fingerprint density at radius 3 is 2.81 bits per heavy atom. The molecule has 2 aromatic rings. The Morgan fingerprint density at radius 2 is 2.12 bits per heavy atom. The highest BCUT2D eigenvalue weighted by Gasteiger charge is 2.01. The van der Waals surface area contributed by atoms with E-state index in [1.165, 1.54) is 23.1 Å². The van der Waals surface area contributed by atoms with Gasteiger partial charge in [0.05, 0.1) is 30.3 Å². The standard InChI is InChI=1S/C10H9ClN4O/c1-7-2-3-10(16)15(14-7)6-8-4-13-9(11)5-12-8/h2-5H,6H2,1H3. The van der Waals surface area contributed by atoms with Crippen molar-refractivity contribution in [3.63, 3.8) is 0 Å². The second kappa shape index (κ2) is 4.40. The molecule has 82 valence electrons. The fraction of sp³-hybridized carbons (Fsp3) is 0.200. The van der Waals surface area contributed by atoms with Gasteiger partial charge in [-0.1, -0.05) is 11.6 Å². The molecular formula is C10H9ClN4O. The Morgan fingerprint density at radius 1 is 1.31 bits per heavy atom. The summed E-state index contributed by atoms with van der Waals surface area (Å²) in [6.45, 7) is 2.12. The molecule has 0 spiro atoms. The van der Waals surface area contributed by atoms with Crippen LogP contribution >= 0.6 is 11.6 Å². The van der Waals surface area contributed by atoms with Crippen molar-refractivity contribution in [1.82, 2.24) is 19.7 Å². The van der Waals surface area contributed by atoms with Crippen molar-refractivity contribution in [1.29, 1.82) is 0 Å². The number of halogens is 1. The van der Waals surface area contributed by atoms with Gasteiger partial charge in [0.15, 0.2) is 0 Å². The number of hydrogen-bond acceptors (Lipinski definition) is 4. The topological polar surface area (TPSA) is 60.7 Å². The van der Waals surface area contributed by atoms with E-state index in [0.29, 0.717) is 17.4 Å². The average molecular weight is 237 g/mol. The SMILES string of the molecule is Cc1ccc(=O)n(Cc2cnc(Cl)cn2)n1. The first-order valence-electron chi connectivity index (χ1n) is 4.66. The van der Waals surface area contributed by atoms with Crippen molar-refractivity contribution < 1.29 is 0 Å². The van der Waals surface area contributed by atoms with Crippen molar-refractivity contribution >= 4 is 11.6 Å². The maximum absolute atomic E-state index is 11.5. The van der Waals surface area contributed by atoms with Crippen LogP contribution in [0.1, 0.15) is 11.4 Å². The summed E-state index contributed by atoms with van der Waals surface area (Å²) in [7, 11) is 0. The van der Waals surface area contributed by atoms with Gasteiger partial charge < -0.3 is 0 Å². The minimum atomic E-state index is -0.164. The molecule has 0 N–H and O–H groups in total. The second-order valence-electron chi connectivity index (χ2n) is 3.30. The maximum atomic E-state index is 11.5. The van der Waals surface area contributed by atoms with Crippen LogP contribution in [0.5, 0.6) is 0 Å². The van der Waals surface area contributed by atoms with Crippen LogP contribution in [0, 0.1) is 6.92 Å². The van der Waals surface area contributed by atoms with E-state index in [4.69, 9.17) is 11.6 Å². The van der Waals surface area contributed by atoms with Crippen LogP contribution in [0.2, 0.25) is 5.15 Å². The Bertz CT molecular complexity index is 549. The molecule has 0 aliphatic rings. The highest BCUT2D eigenvalue weighted by atomic mass is 35.5. The molecule has 0 fully saturated rings. The summed E-state index contributed by atoms with van der Waals surface area (Å²) >= 11 is 5.61. The van der Waals surface area contributed by atoms with Gasteiger partial charge in [-0.3, -0.25) is 9.78 Å². The van der Waals surface area contributed by atoms with Gasteiger partial charge in [-0.25, -0.2) is 9.67 Å². The summed E-state index contributed by atoms with van der Waals surface area (Å²) in [6, 6.07) is 3.15. The third kappa shape index (κ3) is 2.43. The highest BCUT2D eigenvalue weighted by Crippen LogP contribution is 2.01. The van der Waals surface area contributed by atoms with Gasteiger partial charge in [-0.05, 0) is 13.0 Å². The van der Waals surface area contributed by atoms with Crippen LogP contribution in [0.3, 0.4) is 0 Å². The van der Waals surface area contributed by atoms with Crippen molar-refractivity contribution in [3.8, 4) is 0 Å². The molecule has 6 heteroatoms. The van der Waals surface area contributed by atoms with Gasteiger partial charge >= 0.3 is 0 Å². The van der Waals surface area contributed by atoms with Crippen LogP contribution in [0.15, 0.2) is 29.3 Å². The zero-order chi connectivity index (χ0) is 11.5. The molecule has 2 aromatic heterocycles. The van der Waals surface area contributed by atoms with Crippen molar-refractivity contribution in [2.45, 2.75) is 13.5 Å². The lowest BCUT2D eigenvalue weighted by molar-refractivity contribution is 0.616. The predicted molar refractivity (Wildman–Crippen MR) is 59.4 cm³/mol. The van der Waals surface area contributed by atoms with E-state index < -0.39 is 0 Å². The Labute approximate surface area is 96.7 Å². The quantitative estimate of drug-likeness (QED) is 0.782. The Balaban J connectivity index is 2.30. The first kappa shape index (κ1) is 10.8. The summed E-state index contributed by atoms with van der Waals surface area (Å²) < 4.78 is 1.34. The molecule has 0 saturated heterocycles. The van der Waals surface area contributed by atoms with Crippen LogP contribution < -0.4 is 5.56 Å². The van der Waals surface area contributed by atoms with E-state index in [1.807, 2.05) is 6.92 Å². The van der Waals surface area contributed by atoms with Crippen LogP contribution in [-0.4, -0.2) is 19.7 Å².